The fourth-order valence-corrected chi connectivity index (χ4v) is 5.58. The van der Waals surface area contributed by atoms with E-state index in [-0.39, 0.29) is 42.5 Å². The predicted octanol–water partition coefficient (Wildman–Crippen LogP) is 4.56. The van der Waals surface area contributed by atoms with Gasteiger partial charge in [0.15, 0.2) is 11.6 Å². The number of pyridine rings is 1. The van der Waals surface area contributed by atoms with Crippen LogP contribution in [0.3, 0.4) is 0 Å². The quantitative estimate of drug-likeness (QED) is 0.270. The first-order valence-corrected chi connectivity index (χ1v) is 15.2. The van der Waals surface area contributed by atoms with Gasteiger partial charge in [-0.05, 0) is 48.7 Å². The number of piperidine rings is 1. The lowest BCUT2D eigenvalue weighted by Crippen LogP contribution is -2.44. The van der Waals surface area contributed by atoms with Gasteiger partial charge in [0.1, 0.15) is 24.2 Å². The number of hydrogen-bond donors (Lipinski definition) is 1. The molecule has 0 bridgehead atoms. The Kier molecular flexibility index (Phi) is 9.45. The fourth-order valence-electron chi connectivity index (χ4n) is 5.58. The molecule has 1 amide bonds. The van der Waals surface area contributed by atoms with Crippen LogP contribution < -0.4 is 15.4 Å². The first-order chi connectivity index (χ1) is 22.0. The van der Waals surface area contributed by atoms with Gasteiger partial charge in [-0.25, -0.2) is 14.8 Å². The molecule has 45 heavy (non-hydrogen) atoms. The van der Waals surface area contributed by atoms with Crippen molar-refractivity contribution < 1.29 is 23.8 Å². The van der Waals surface area contributed by atoms with E-state index in [4.69, 9.17) is 19.9 Å². The molecule has 4 heterocycles. The van der Waals surface area contributed by atoms with Gasteiger partial charge in [-0.15, -0.1) is 0 Å². The van der Waals surface area contributed by atoms with E-state index in [1.54, 1.807) is 23.5 Å². The van der Waals surface area contributed by atoms with Gasteiger partial charge < -0.3 is 29.7 Å². The first-order valence-electron chi connectivity index (χ1n) is 15.2. The lowest BCUT2D eigenvalue weighted by molar-refractivity contribution is 0.0552. The van der Waals surface area contributed by atoms with Gasteiger partial charge in [-0.2, -0.15) is 0 Å². The summed E-state index contributed by atoms with van der Waals surface area (Å²) in [6, 6.07) is 19.0. The third-order valence-electron chi connectivity index (χ3n) is 7.94. The number of benzene rings is 2. The number of ether oxygens (including phenoxy) is 3. The number of amides is 1. The van der Waals surface area contributed by atoms with Gasteiger partial charge in [0.2, 0.25) is 0 Å². The Morgan fingerprint density at radius 1 is 0.978 bits per heavy atom. The Morgan fingerprint density at radius 3 is 2.58 bits per heavy atom. The van der Waals surface area contributed by atoms with Gasteiger partial charge >= 0.3 is 6.09 Å². The summed E-state index contributed by atoms with van der Waals surface area (Å²) in [7, 11) is 0. The molecule has 2 aliphatic heterocycles. The highest BCUT2D eigenvalue weighted by Crippen LogP contribution is 2.26. The molecule has 4 aromatic rings. The van der Waals surface area contributed by atoms with Crippen LogP contribution in [0.5, 0.6) is 5.75 Å². The lowest BCUT2D eigenvalue weighted by atomic mass is 10.1. The Hall–Kier alpha value is -5.03. The Labute approximate surface area is 262 Å². The number of aromatic nitrogens is 3. The van der Waals surface area contributed by atoms with Gasteiger partial charge in [0, 0.05) is 55.3 Å². The average Bonchev–Trinajstić information content (AvgIpc) is 3.09. The van der Waals surface area contributed by atoms with Crippen molar-refractivity contribution in [1.82, 2.24) is 19.9 Å². The molecule has 0 spiro atoms. The van der Waals surface area contributed by atoms with E-state index in [2.05, 4.69) is 19.9 Å². The number of carbonyl (C=O) groups excluding carboxylic acids is 2. The molecule has 0 radical (unpaired) electrons. The van der Waals surface area contributed by atoms with Crippen LogP contribution in [-0.2, 0) is 22.5 Å². The van der Waals surface area contributed by atoms with E-state index >= 15 is 0 Å². The van der Waals surface area contributed by atoms with Crippen LogP contribution in [0, 0.1) is 0 Å². The van der Waals surface area contributed by atoms with E-state index in [0.717, 1.165) is 48.3 Å². The van der Waals surface area contributed by atoms with E-state index < -0.39 is 0 Å². The number of likely N-dealkylation sites (tertiary alicyclic amines) is 1. The topological polar surface area (TPSA) is 133 Å². The molecule has 2 aromatic carbocycles. The predicted molar refractivity (Wildman–Crippen MR) is 169 cm³/mol. The van der Waals surface area contributed by atoms with Crippen molar-refractivity contribution in [2.24, 2.45) is 0 Å². The zero-order chi connectivity index (χ0) is 31.0. The average molecular weight is 609 g/mol. The zero-order valence-corrected chi connectivity index (χ0v) is 25.0. The monoisotopic (exact) mass is 608 g/mol. The van der Waals surface area contributed by atoms with Crippen LogP contribution in [-0.4, -0.2) is 77.2 Å². The summed E-state index contributed by atoms with van der Waals surface area (Å²) in [5.41, 5.74) is 10.3. The summed E-state index contributed by atoms with van der Waals surface area (Å²) in [6.07, 6.45) is 6.29. The second kappa shape index (κ2) is 14.2. The number of carbonyl (C=O) groups is 2. The van der Waals surface area contributed by atoms with Crippen LogP contribution >= 0.6 is 0 Å². The van der Waals surface area contributed by atoms with Gasteiger partial charge in [-0.1, -0.05) is 30.3 Å². The smallest absolute Gasteiger partial charge is 0.410 e. The van der Waals surface area contributed by atoms with Crippen molar-refractivity contribution in [3.05, 3.63) is 96.1 Å². The Morgan fingerprint density at radius 2 is 1.78 bits per heavy atom. The number of nitrogens with zero attached hydrogens (tertiary/aromatic N) is 5. The third kappa shape index (κ3) is 7.55. The second-order valence-electron chi connectivity index (χ2n) is 11.1. The van der Waals surface area contributed by atoms with E-state index in [0.29, 0.717) is 37.7 Å². The van der Waals surface area contributed by atoms with Crippen molar-refractivity contribution in [2.75, 3.05) is 50.0 Å². The van der Waals surface area contributed by atoms with Crippen molar-refractivity contribution in [2.45, 2.75) is 32.0 Å². The molecule has 0 aliphatic carbocycles. The summed E-state index contributed by atoms with van der Waals surface area (Å²) in [6.45, 7) is 4.12. The van der Waals surface area contributed by atoms with Crippen molar-refractivity contribution in [3.8, 4) is 17.0 Å². The van der Waals surface area contributed by atoms with Crippen LogP contribution in [0.15, 0.2) is 79.3 Å². The third-order valence-corrected chi connectivity index (χ3v) is 7.94. The fraction of sp³-hybridized carbons (Fsp3) is 0.324. The summed E-state index contributed by atoms with van der Waals surface area (Å²) in [5, 5.41) is 0. The maximum atomic E-state index is 13.4. The van der Waals surface area contributed by atoms with Crippen molar-refractivity contribution in [3.63, 3.8) is 0 Å². The van der Waals surface area contributed by atoms with E-state index in [1.807, 2.05) is 60.7 Å². The zero-order valence-electron chi connectivity index (χ0n) is 25.0. The summed E-state index contributed by atoms with van der Waals surface area (Å²) >= 11 is 0. The van der Waals surface area contributed by atoms with Crippen LogP contribution in [0.25, 0.3) is 11.3 Å². The Balaban J connectivity index is 1.08. The van der Waals surface area contributed by atoms with Gasteiger partial charge in [-0.3, -0.25) is 9.78 Å². The highest BCUT2D eigenvalue weighted by Gasteiger charge is 2.26. The number of Topliss-reactive ketones (excluding diaryl/α,β-unsaturated/α-hetero) is 1. The number of hydrogen-bond acceptors (Lipinski definition) is 10. The minimum Gasteiger partial charge on any atom is -0.489 e. The molecule has 2 aromatic heterocycles. The number of nitrogen functional groups attached to an aromatic ring is 1. The first kappa shape index (κ1) is 30.0. The number of anilines is 2. The second-order valence-corrected chi connectivity index (χ2v) is 11.1. The molecule has 11 nitrogen and oxygen atoms in total. The molecule has 2 aliphatic rings. The maximum Gasteiger partial charge on any atom is 0.410 e. The standard InChI is InChI=1S/C34H36N6O5/c35-33-32(31(41)19-26-20-36-13-12-30(26)39-15-17-43-18-16-39)38-29(21-37-33)25-8-10-27(11-9-25)45-28-7-4-14-40(22-28)34(42)44-23-24-5-2-1-3-6-24/h1-3,5-6,8-13,20-21,28H,4,7,14-19,22-23H2,(H2,35,37). The number of nitrogens with two attached hydrogens (primary N) is 1. The number of rotatable bonds is 9. The number of ketones is 1. The SMILES string of the molecule is Nc1ncc(-c2ccc(OC3CCCN(C(=O)OCc4ccccc4)C3)cc2)nc1C(=O)Cc1cnccc1N1CCOCC1. The molecular formula is C34H36N6O5. The largest absolute Gasteiger partial charge is 0.489 e. The highest BCUT2D eigenvalue weighted by molar-refractivity contribution is 6.00. The molecule has 2 saturated heterocycles. The molecule has 2 fully saturated rings. The highest BCUT2D eigenvalue weighted by atomic mass is 16.6. The van der Waals surface area contributed by atoms with E-state index in [1.165, 1.54) is 0 Å². The molecule has 11 heteroatoms. The van der Waals surface area contributed by atoms with Crippen molar-refractivity contribution in [1.29, 1.82) is 0 Å². The Bertz CT molecular complexity index is 1610. The molecule has 1 unspecified atom stereocenters. The summed E-state index contributed by atoms with van der Waals surface area (Å²) < 4.78 is 17.2. The molecular weight excluding hydrogens is 572 g/mol. The maximum absolute atomic E-state index is 13.4. The lowest BCUT2D eigenvalue weighted by Gasteiger charge is -2.32. The van der Waals surface area contributed by atoms with Crippen LogP contribution in [0.1, 0.15) is 34.5 Å². The molecule has 0 saturated carbocycles. The van der Waals surface area contributed by atoms with E-state index in [9.17, 15) is 9.59 Å². The molecule has 232 valence electrons. The van der Waals surface area contributed by atoms with Crippen molar-refractivity contribution >= 4 is 23.4 Å². The van der Waals surface area contributed by atoms with Crippen LogP contribution in [0.4, 0.5) is 16.3 Å². The minimum absolute atomic E-state index is 0.0877. The van der Waals surface area contributed by atoms with Crippen LogP contribution in [0.2, 0.25) is 0 Å². The van der Waals surface area contributed by atoms with Gasteiger partial charge in [0.25, 0.3) is 0 Å². The van der Waals surface area contributed by atoms with Gasteiger partial charge in [0.05, 0.1) is 31.6 Å². The summed E-state index contributed by atoms with van der Waals surface area (Å²) in [5.74, 6) is 0.535. The molecule has 6 rings (SSSR count). The summed E-state index contributed by atoms with van der Waals surface area (Å²) in [4.78, 5) is 43.1. The number of morpholine rings is 1. The molecule has 1 atom stereocenters. The minimum atomic E-state index is -0.337. The normalized spacial score (nSPS) is 16.7. The molecule has 2 N–H and O–H groups in total.